The van der Waals surface area contributed by atoms with Crippen LogP contribution in [0.1, 0.15) is 39.3 Å². The lowest BCUT2D eigenvalue weighted by Gasteiger charge is -2.19. The van der Waals surface area contributed by atoms with E-state index in [1.165, 1.54) is 6.33 Å². The second-order valence-corrected chi connectivity index (χ2v) is 7.62. The molecule has 0 spiro atoms. The van der Waals surface area contributed by atoms with E-state index in [2.05, 4.69) is 28.4 Å². The van der Waals surface area contributed by atoms with Crippen molar-refractivity contribution in [2.75, 3.05) is 11.1 Å². The highest BCUT2D eigenvalue weighted by Gasteiger charge is 2.17. The summed E-state index contributed by atoms with van der Waals surface area (Å²) in [6.07, 6.45) is 3.66. The Morgan fingerprint density at radius 3 is 2.64 bits per heavy atom. The number of benzene rings is 1. The molecule has 2 aromatic heterocycles. The third-order valence-electron chi connectivity index (χ3n) is 4.18. The first-order valence-electron chi connectivity index (χ1n) is 9.29. The van der Waals surface area contributed by atoms with E-state index in [0.29, 0.717) is 11.5 Å². The van der Waals surface area contributed by atoms with E-state index in [1.807, 2.05) is 49.6 Å². The summed E-state index contributed by atoms with van der Waals surface area (Å²) >= 11 is 0. The Hall–Kier alpha value is -3.09. The van der Waals surface area contributed by atoms with Crippen molar-refractivity contribution >= 4 is 23.1 Å². The molecule has 0 aliphatic carbocycles. The van der Waals surface area contributed by atoms with Gasteiger partial charge in [-0.05, 0) is 57.4 Å². The lowest BCUT2D eigenvalue weighted by atomic mass is 10.1. The summed E-state index contributed by atoms with van der Waals surface area (Å²) < 4.78 is 7.13. The number of unbranched alkanes of at least 4 members (excludes halogenated alkanes) is 1. The number of rotatable bonds is 5. The molecular formula is C21H26N5O2. The maximum atomic E-state index is 11.9. The Balaban J connectivity index is 1.89. The molecule has 2 heterocycles. The summed E-state index contributed by atoms with van der Waals surface area (Å²) in [4.78, 5) is 16.1. The number of ether oxygens (including phenoxy) is 1. The van der Waals surface area contributed by atoms with Crippen LogP contribution >= 0.6 is 0 Å². The smallest absolute Gasteiger partial charge is 0.412 e. The van der Waals surface area contributed by atoms with Crippen LogP contribution in [0.4, 0.5) is 16.3 Å². The molecule has 7 heteroatoms. The van der Waals surface area contributed by atoms with Crippen LogP contribution in [-0.4, -0.2) is 26.3 Å². The van der Waals surface area contributed by atoms with E-state index in [4.69, 9.17) is 10.5 Å². The monoisotopic (exact) mass is 380 g/mol. The van der Waals surface area contributed by atoms with E-state index < -0.39 is 11.7 Å². The van der Waals surface area contributed by atoms with Crippen molar-refractivity contribution in [3.05, 3.63) is 49.3 Å². The van der Waals surface area contributed by atoms with Crippen molar-refractivity contribution in [1.29, 1.82) is 0 Å². The van der Waals surface area contributed by atoms with E-state index in [1.54, 1.807) is 0 Å². The molecule has 0 aliphatic rings. The molecule has 0 saturated carbocycles. The average molecular weight is 380 g/mol. The summed E-state index contributed by atoms with van der Waals surface area (Å²) in [5, 5.41) is 7.10. The zero-order chi connectivity index (χ0) is 20.3. The van der Waals surface area contributed by atoms with Gasteiger partial charge >= 0.3 is 6.09 Å². The fraction of sp³-hybridized carbons (Fsp3) is 0.333. The summed E-state index contributed by atoms with van der Waals surface area (Å²) in [5.74, 6) is 0.432. The minimum absolute atomic E-state index is 0.432. The molecule has 1 amide bonds. The Morgan fingerprint density at radius 2 is 2.00 bits per heavy atom. The standard InChI is InChI=1S/C21H26N5O2/c1-5-6-7-16-12-17(18-19(22)23-13-24-26(16)18)14-8-10-15(11-9-14)25-20(27)28-21(2,3)4/h8-13H,1,5-7H2,2-4H3,(H,25,27)(H2,22,23,24). The normalized spacial score (nSPS) is 11.6. The minimum Gasteiger partial charge on any atom is -0.444 e. The zero-order valence-corrected chi connectivity index (χ0v) is 16.5. The molecule has 1 aromatic carbocycles. The molecule has 3 N–H and O–H groups in total. The molecule has 3 aromatic rings. The number of hydrogen-bond donors (Lipinski definition) is 2. The van der Waals surface area contributed by atoms with Crippen LogP contribution in [0.2, 0.25) is 0 Å². The second kappa shape index (κ2) is 7.88. The summed E-state index contributed by atoms with van der Waals surface area (Å²) in [6.45, 7) is 9.39. The Morgan fingerprint density at radius 1 is 1.29 bits per heavy atom. The fourth-order valence-electron chi connectivity index (χ4n) is 2.99. The number of nitrogen functional groups attached to an aromatic ring is 1. The number of amides is 1. The third-order valence-corrected chi connectivity index (χ3v) is 4.18. The number of hydrogen-bond acceptors (Lipinski definition) is 5. The Labute approximate surface area is 164 Å². The Kier molecular flexibility index (Phi) is 5.53. The summed E-state index contributed by atoms with van der Waals surface area (Å²) in [6, 6.07) is 9.61. The molecule has 28 heavy (non-hydrogen) atoms. The zero-order valence-electron chi connectivity index (χ0n) is 16.5. The van der Waals surface area contributed by atoms with Gasteiger partial charge < -0.3 is 10.5 Å². The van der Waals surface area contributed by atoms with E-state index in [0.717, 1.165) is 41.6 Å². The molecule has 0 bridgehead atoms. The molecular weight excluding hydrogens is 354 g/mol. The summed E-state index contributed by atoms with van der Waals surface area (Å²) in [5.41, 5.74) is 10.0. The minimum atomic E-state index is -0.544. The number of nitrogens with one attached hydrogen (secondary N) is 1. The van der Waals surface area contributed by atoms with Crippen LogP contribution in [-0.2, 0) is 11.2 Å². The van der Waals surface area contributed by atoms with Crippen LogP contribution in [0.25, 0.3) is 16.6 Å². The van der Waals surface area contributed by atoms with E-state index >= 15 is 0 Å². The highest BCUT2D eigenvalue weighted by Crippen LogP contribution is 2.31. The van der Waals surface area contributed by atoms with Gasteiger partial charge in [-0.25, -0.2) is 14.3 Å². The largest absolute Gasteiger partial charge is 0.444 e. The number of nitrogens with two attached hydrogens (primary N) is 1. The maximum absolute atomic E-state index is 11.9. The van der Waals surface area contributed by atoms with Crippen molar-refractivity contribution in [3.63, 3.8) is 0 Å². The maximum Gasteiger partial charge on any atom is 0.412 e. The highest BCUT2D eigenvalue weighted by atomic mass is 16.6. The van der Waals surface area contributed by atoms with Crippen molar-refractivity contribution in [2.45, 2.75) is 45.6 Å². The Bertz CT molecular complexity index is 971. The first-order chi connectivity index (χ1) is 13.3. The van der Waals surface area contributed by atoms with Crippen molar-refractivity contribution in [2.24, 2.45) is 0 Å². The SMILES string of the molecule is [CH2]CCCc1cc(-c2ccc(NC(=O)OC(C)(C)C)cc2)c2c(N)ncnn12. The molecule has 0 saturated heterocycles. The van der Waals surface area contributed by atoms with Crippen LogP contribution in [0.5, 0.6) is 0 Å². The van der Waals surface area contributed by atoms with Gasteiger partial charge in [0.05, 0.1) is 0 Å². The molecule has 0 unspecified atom stereocenters. The molecule has 0 atom stereocenters. The van der Waals surface area contributed by atoms with Crippen LogP contribution in [0.15, 0.2) is 36.7 Å². The van der Waals surface area contributed by atoms with Crippen molar-refractivity contribution in [1.82, 2.24) is 14.6 Å². The van der Waals surface area contributed by atoms with Gasteiger partial charge in [0.1, 0.15) is 17.4 Å². The predicted molar refractivity (Wildman–Crippen MR) is 111 cm³/mol. The van der Waals surface area contributed by atoms with Gasteiger partial charge in [-0.2, -0.15) is 5.10 Å². The highest BCUT2D eigenvalue weighted by molar-refractivity contribution is 5.90. The molecule has 147 valence electrons. The quantitative estimate of drug-likeness (QED) is 0.680. The fourth-order valence-corrected chi connectivity index (χ4v) is 2.99. The number of aryl methyl sites for hydroxylation is 1. The van der Waals surface area contributed by atoms with Crippen molar-refractivity contribution < 1.29 is 9.53 Å². The van der Waals surface area contributed by atoms with Gasteiger partial charge in [-0.1, -0.05) is 25.5 Å². The third kappa shape index (κ3) is 4.42. The summed E-state index contributed by atoms with van der Waals surface area (Å²) in [7, 11) is 0. The first kappa shape index (κ1) is 19.7. The number of carbonyl (C=O) groups is 1. The molecule has 1 radical (unpaired) electrons. The first-order valence-corrected chi connectivity index (χ1v) is 9.29. The number of aromatic nitrogens is 3. The number of carbonyl (C=O) groups excluding carboxylic acids is 1. The van der Waals surface area contributed by atoms with Gasteiger partial charge in [0.2, 0.25) is 0 Å². The molecule has 7 nitrogen and oxygen atoms in total. The number of nitrogens with zero attached hydrogens (tertiary/aromatic N) is 3. The average Bonchev–Trinajstić information content (AvgIpc) is 2.99. The van der Waals surface area contributed by atoms with Crippen LogP contribution in [0, 0.1) is 6.92 Å². The lowest BCUT2D eigenvalue weighted by molar-refractivity contribution is 0.0636. The predicted octanol–water partition coefficient (Wildman–Crippen LogP) is 4.48. The number of anilines is 2. The van der Waals surface area contributed by atoms with Gasteiger partial charge in [0.25, 0.3) is 0 Å². The topological polar surface area (TPSA) is 94.5 Å². The van der Waals surface area contributed by atoms with Crippen LogP contribution < -0.4 is 11.1 Å². The molecule has 0 fully saturated rings. The van der Waals surface area contributed by atoms with Gasteiger partial charge in [-0.3, -0.25) is 5.32 Å². The van der Waals surface area contributed by atoms with Gasteiger partial charge in [0.15, 0.2) is 5.82 Å². The van der Waals surface area contributed by atoms with Crippen LogP contribution in [0.3, 0.4) is 0 Å². The van der Waals surface area contributed by atoms with Gasteiger partial charge in [-0.15, -0.1) is 0 Å². The van der Waals surface area contributed by atoms with E-state index in [9.17, 15) is 4.79 Å². The second-order valence-electron chi connectivity index (χ2n) is 7.62. The van der Waals surface area contributed by atoms with Crippen molar-refractivity contribution in [3.8, 4) is 11.1 Å². The lowest BCUT2D eigenvalue weighted by Crippen LogP contribution is -2.27. The molecule has 3 rings (SSSR count). The molecule has 0 aliphatic heterocycles. The number of fused-ring (bicyclic) bond motifs is 1. The van der Waals surface area contributed by atoms with E-state index in [-0.39, 0.29) is 0 Å². The van der Waals surface area contributed by atoms with Gasteiger partial charge in [0, 0.05) is 16.9 Å².